The number of rotatable bonds is 9. The summed E-state index contributed by atoms with van der Waals surface area (Å²) in [5.41, 5.74) is -0.139. The molecule has 0 saturated heterocycles. The van der Waals surface area contributed by atoms with E-state index >= 15 is 0 Å². The van der Waals surface area contributed by atoms with E-state index in [4.69, 9.17) is 9.47 Å². The Morgan fingerprint density at radius 2 is 1.78 bits per heavy atom. The first-order valence-electron chi connectivity index (χ1n) is 10.0. The molecule has 2 amide bonds. The zero-order chi connectivity index (χ0) is 23.9. The number of amides is 2. The van der Waals surface area contributed by atoms with Crippen molar-refractivity contribution in [3.8, 4) is 0 Å². The number of sulfone groups is 1. The van der Waals surface area contributed by atoms with Crippen LogP contribution < -0.4 is 10.6 Å². The van der Waals surface area contributed by atoms with E-state index in [0.717, 1.165) is 0 Å². The maximum Gasteiger partial charge on any atom is 0.408 e. The lowest BCUT2D eigenvalue weighted by Gasteiger charge is -2.19. The summed E-state index contributed by atoms with van der Waals surface area (Å²) in [6.07, 6.45) is 0.421. The van der Waals surface area contributed by atoms with E-state index in [9.17, 15) is 27.2 Å². The number of halogens is 1. The van der Waals surface area contributed by atoms with Crippen molar-refractivity contribution in [3.05, 3.63) is 34.7 Å². The van der Waals surface area contributed by atoms with Crippen LogP contribution in [0.25, 0.3) is 6.08 Å². The normalized spacial score (nSPS) is 15.2. The van der Waals surface area contributed by atoms with Crippen molar-refractivity contribution < 1.29 is 36.7 Å². The molecule has 1 aliphatic heterocycles. The molecule has 1 atom stereocenters. The first kappa shape index (κ1) is 25.3. The Balaban J connectivity index is 1.76. The van der Waals surface area contributed by atoms with Crippen molar-refractivity contribution in [1.29, 1.82) is 0 Å². The van der Waals surface area contributed by atoms with E-state index < -0.39 is 46.3 Å². The number of alkyl carbamates (subject to hydrolysis) is 2. The average Bonchev–Trinajstić information content (AvgIpc) is 2.94. The number of carbonyl (C=O) groups is 3. The summed E-state index contributed by atoms with van der Waals surface area (Å²) in [4.78, 5) is 34.7. The summed E-state index contributed by atoms with van der Waals surface area (Å²) < 4.78 is 48.1. The van der Waals surface area contributed by atoms with E-state index in [0.29, 0.717) is 18.4 Å². The SMILES string of the molecule is CC(C)(C)OC(=O)NCCCC[C@H](NC(=O)OCC1=Cc2ccccc2S1(=O)=O)C(=O)F. The predicted molar refractivity (Wildman–Crippen MR) is 114 cm³/mol. The molecule has 1 aromatic rings. The van der Waals surface area contributed by atoms with Gasteiger partial charge in [0.05, 0.1) is 9.80 Å². The first-order valence-corrected chi connectivity index (χ1v) is 11.5. The molecule has 0 bridgehead atoms. The van der Waals surface area contributed by atoms with Crippen LogP contribution in [0.4, 0.5) is 14.0 Å². The largest absolute Gasteiger partial charge is 0.444 e. The quantitative estimate of drug-likeness (QED) is 0.419. The Bertz CT molecular complexity index is 1000. The number of hydrogen-bond acceptors (Lipinski definition) is 7. The summed E-state index contributed by atoms with van der Waals surface area (Å²) >= 11 is 0. The van der Waals surface area contributed by atoms with Gasteiger partial charge in [0, 0.05) is 6.54 Å². The van der Waals surface area contributed by atoms with Gasteiger partial charge in [-0.3, -0.25) is 4.79 Å². The van der Waals surface area contributed by atoms with Gasteiger partial charge in [-0.05, 0) is 57.7 Å². The summed E-state index contributed by atoms with van der Waals surface area (Å²) in [7, 11) is -3.76. The summed E-state index contributed by atoms with van der Waals surface area (Å²) in [5, 5.41) is 4.63. The Kier molecular flexibility index (Phi) is 8.37. The standard InChI is InChI=1S/C21H27FN2O7S/c1-21(2,3)31-19(26)23-11-7-6-9-16(18(22)25)24-20(27)30-13-15-12-14-8-4-5-10-17(14)32(15,28)29/h4-5,8,10,12,16H,6-7,9,11,13H2,1-3H3,(H,23,26)(H,24,27)/t16-/m0/s1. The highest BCUT2D eigenvalue weighted by Gasteiger charge is 2.30. The van der Waals surface area contributed by atoms with Gasteiger partial charge in [0.1, 0.15) is 18.2 Å². The number of hydrogen-bond donors (Lipinski definition) is 2. The van der Waals surface area contributed by atoms with Crippen LogP contribution in [-0.4, -0.2) is 51.4 Å². The summed E-state index contributed by atoms with van der Waals surface area (Å²) in [6, 6.07) is 3.15. The van der Waals surface area contributed by atoms with Gasteiger partial charge in [-0.15, -0.1) is 0 Å². The van der Waals surface area contributed by atoms with Crippen molar-refractivity contribution in [1.82, 2.24) is 10.6 Å². The third-order valence-electron chi connectivity index (χ3n) is 4.37. The van der Waals surface area contributed by atoms with Crippen molar-refractivity contribution in [3.63, 3.8) is 0 Å². The molecule has 1 aromatic carbocycles. The lowest BCUT2D eigenvalue weighted by molar-refractivity contribution is -0.131. The van der Waals surface area contributed by atoms with E-state index in [1.807, 2.05) is 0 Å². The maximum atomic E-state index is 13.3. The Morgan fingerprint density at radius 1 is 1.09 bits per heavy atom. The van der Waals surface area contributed by atoms with Crippen LogP contribution in [0.3, 0.4) is 0 Å². The smallest absolute Gasteiger partial charge is 0.408 e. The molecule has 9 nitrogen and oxygen atoms in total. The molecule has 32 heavy (non-hydrogen) atoms. The van der Waals surface area contributed by atoms with Gasteiger partial charge in [0.25, 0.3) is 0 Å². The Morgan fingerprint density at radius 3 is 2.41 bits per heavy atom. The van der Waals surface area contributed by atoms with Crippen LogP contribution in [0, 0.1) is 0 Å². The molecular formula is C21H27FN2O7S. The molecule has 2 N–H and O–H groups in total. The fourth-order valence-corrected chi connectivity index (χ4v) is 4.37. The van der Waals surface area contributed by atoms with E-state index in [2.05, 4.69) is 10.6 Å². The number of ether oxygens (including phenoxy) is 2. The Hall–Kier alpha value is -2.95. The van der Waals surface area contributed by atoms with Gasteiger partial charge >= 0.3 is 18.2 Å². The molecule has 0 fully saturated rings. The minimum Gasteiger partial charge on any atom is -0.444 e. The number of unbranched alkanes of at least 4 members (excludes halogenated alkanes) is 1. The highest BCUT2D eigenvalue weighted by Crippen LogP contribution is 2.32. The predicted octanol–water partition coefficient (Wildman–Crippen LogP) is 3.10. The minimum absolute atomic E-state index is 0.0210. The molecule has 0 aromatic heterocycles. The minimum atomic E-state index is -3.76. The molecule has 0 spiro atoms. The van der Waals surface area contributed by atoms with Gasteiger partial charge in [-0.1, -0.05) is 18.2 Å². The van der Waals surface area contributed by atoms with Gasteiger partial charge in [0.2, 0.25) is 9.84 Å². The monoisotopic (exact) mass is 470 g/mol. The van der Waals surface area contributed by atoms with Gasteiger partial charge in [-0.2, -0.15) is 4.39 Å². The second kappa shape index (κ2) is 10.6. The third kappa shape index (κ3) is 7.33. The third-order valence-corrected chi connectivity index (χ3v) is 6.25. The second-order valence-corrected chi connectivity index (χ2v) is 10.1. The molecule has 0 unspecified atom stereocenters. The first-order chi connectivity index (χ1) is 14.9. The molecule has 1 aliphatic rings. The van der Waals surface area contributed by atoms with Gasteiger partial charge in [-0.25, -0.2) is 18.0 Å². The van der Waals surface area contributed by atoms with E-state index in [1.54, 1.807) is 39.0 Å². The average molecular weight is 471 g/mol. The molecular weight excluding hydrogens is 443 g/mol. The molecule has 176 valence electrons. The van der Waals surface area contributed by atoms with Crippen LogP contribution >= 0.6 is 0 Å². The maximum absolute atomic E-state index is 13.3. The van der Waals surface area contributed by atoms with Crippen molar-refractivity contribution >= 4 is 34.1 Å². The molecule has 0 aliphatic carbocycles. The number of nitrogens with one attached hydrogen (secondary N) is 2. The fraction of sp³-hybridized carbons (Fsp3) is 0.476. The molecule has 0 saturated carbocycles. The van der Waals surface area contributed by atoms with Gasteiger partial charge in [0.15, 0.2) is 0 Å². The zero-order valence-corrected chi connectivity index (χ0v) is 19.0. The highest BCUT2D eigenvalue weighted by molar-refractivity contribution is 7.95. The van der Waals surface area contributed by atoms with Crippen LogP contribution in [0.1, 0.15) is 45.6 Å². The topological polar surface area (TPSA) is 128 Å². The second-order valence-electron chi connectivity index (χ2n) is 8.15. The van der Waals surface area contributed by atoms with Crippen LogP contribution in [-0.2, 0) is 24.1 Å². The van der Waals surface area contributed by atoms with Crippen molar-refractivity contribution in [2.24, 2.45) is 0 Å². The molecule has 11 heteroatoms. The van der Waals surface area contributed by atoms with Crippen LogP contribution in [0.5, 0.6) is 0 Å². The lowest BCUT2D eigenvalue weighted by Crippen LogP contribution is -2.40. The van der Waals surface area contributed by atoms with E-state index in [-0.39, 0.29) is 22.8 Å². The fourth-order valence-electron chi connectivity index (χ4n) is 2.90. The Labute approximate surface area is 186 Å². The summed E-state index contributed by atoms with van der Waals surface area (Å²) in [6.45, 7) is 4.89. The lowest BCUT2D eigenvalue weighted by atomic mass is 10.1. The van der Waals surface area contributed by atoms with Gasteiger partial charge < -0.3 is 20.1 Å². The molecule has 2 rings (SSSR count). The number of fused-ring (bicyclic) bond motifs is 1. The highest BCUT2D eigenvalue weighted by atomic mass is 32.2. The van der Waals surface area contributed by atoms with Crippen molar-refractivity contribution in [2.75, 3.05) is 13.2 Å². The number of carbonyl (C=O) groups excluding carboxylic acids is 3. The van der Waals surface area contributed by atoms with Crippen molar-refractivity contribution in [2.45, 2.75) is 56.6 Å². The van der Waals surface area contributed by atoms with E-state index in [1.165, 1.54) is 12.1 Å². The van der Waals surface area contributed by atoms with Crippen LogP contribution in [0.15, 0.2) is 34.1 Å². The molecule has 1 heterocycles. The van der Waals surface area contributed by atoms with Crippen LogP contribution in [0.2, 0.25) is 0 Å². The number of benzene rings is 1. The zero-order valence-electron chi connectivity index (χ0n) is 18.1. The molecule has 0 radical (unpaired) electrons. The summed E-state index contributed by atoms with van der Waals surface area (Å²) in [5.74, 6) is 0.